The number of nitrogens with zero attached hydrogens (tertiary/aromatic N) is 1. The van der Waals surface area contributed by atoms with Gasteiger partial charge in [0.25, 0.3) is 0 Å². The van der Waals surface area contributed by atoms with E-state index in [-0.39, 0.29) is 0 Å². The molecule has 1 N–H and O–H groups in total. The molecule has 1 heterocycles. The predicted octanol–water partition coefficient (Wildman–Crippen LogP) is 2.37. The second kappa shape index (κ2) is 11.9. The Kier molecular flexibility index (Phi) is 14.1. The molecular formula is C11H27NO. The number of hydrogen-bond acceptors (Lipinski definition) is 2. The number of hydrogen-bond donors (Lipinski definition) is 1. The highest BCUT2D eigenvalue weighted by Crippen LogP contribution is 2.18. The maximum atomic E-state index is 7.00. The maximum Gasteiger partial charge on any atom is 0.0319 e. The highest BCUT2D eigenvalue weighted by Gasteiger charge is 2.13. The van der Waals surface area contributed by atoms with Crippen molar-refractivity contribution in [2.75, 3.05) is 27.2 Å². The predicted molar refractivity (Wildman–Crippen MR) is 60.0 cm³/mol. The van der Waals surface area contributed by atoms with Gasteiger partial charge in [-0.25, -0.2) is 0 Å². The van der Waals surface area contributed by atoms with Crippen LogP contribution in [0.5, 0.6) is 0 Å². The zero-order valence-corrected chi connectivity index (χ0v) is 10.0. The van der Waals surface area contributed by atoms with E-state index in [2.05, 4.69) is 18.9 Å². The van der Waals surface area contributed by atoms with Crippen LogP contribution in [0, 0.1) is 5.92 Å². The molecule has 0 aromatic carbocycles. The molecule has 82 valence electrons. The lowest BCUT2D eigenvalue weighted by atomic mass is 9.95. The number of piperidine rings is 1. The molecular weight excluding hydrogens is 162 g/mol. The van der Waals surface area contributed by atoms with Crippen molar-refractivity contribution in [1.82, 2.24) is 4.90 Å². The fourth-order valence-corrected chi connectivity index (χ4v) is 1.47. The SMILES string of the molecule is CC.CCC1CCN(C)CC1.CO. The van der Waals surface area contributed by atoms with Crippen molar-refractivity contribution in [3.05, 3.63) is 0 Å². The Bertz CT molecular complexity index is 78.2. The number of aliphatic hydroxyl groups is 1. The van der Waals surface area contributed by atoms with E-state index in [0.29, 0.717) is 0 Å². The second-order valence-corrected chi connectivity index (χ2v) is 3.15. The topological polar surface area (TPSA) is 23.5 Å². The molecule has 0 aromatic heterocycles. The molecule has 1 aliphatic rings. The Labute approximate surface area is 83.9 Å². The second-order valence-electron chi connectivity index (χ2n) is 3.15. The molecule has 1 fully saturated rings. The van der Waals surface area contributed by atoms with Crippen LogP contribution < -0.4 is 0 Å². The normalized spacial score (nSPS) is 18.0. The Morgan fingerprint density at radius 3 is 1.85 bits per heavy atom. The molecule has 0 aliphatic carbocycles. The molecule has 0 bridgehead atoms. The van der Waals surface area contributed by atoms with E-state index in [1.54, 1.807) is 0 Å². The summed E-state index contributed by atoms with van der Waals surface area (Å²) in [4.78, 5) is 2.42. The van der Waals surface area contributed by atoms with Crippen molar-refractivity contribution >= 4 is 0 Å². The van der Waals surface area contributed by atoms with Gasteiger partial charge in [-0.1, -0.05) is 27.2 Å². The lowest BCUT2D eigenvalue weighted by molar-refractivity contribution is 0.216. The fraction of sp³-hybridized carbons (Fsp3) is 1.00. The first-order valence-corrected chi connectivity index (χ1v) is 5.46. The Balaban J connectivity index is 0. The van der Waals surface area contributed by atoms with Crippen molar-refractivity contribution < 1.29 is 5.11 Å². The first kappa shape index (κ1) is 15.4. The molecule has 1 saturated heterocycles. The van der Waals surface area contributed by atoms with Crippen LogP contribution in [0.2, 0.25) is 0 Å². The Hall–Kier alpha value is -0.0800. The smallest absolute Gasteiger partial charge is 0.0319 e. The largest absolute Gasteiger partial charge is 0.400 e. The van der Waals surface area contributed by atoms with Gasteiger partial charge < -0.3 is 10.0 Å². The van der Waals surface area contributed by atoms with E-state index in [1.807, 2.05) is 13.8 Å². The van der Waals surface area contributed by atoms with E-state index < -0.39 is 0 Å². The minimum atomic E-state index is 1.00. The zero-order chi connectivity index (χ0) is 10.7. The summed E-state index contributed by atoms with van der Waals surface area (Å²) in [5.74, 6) is 1.03. The third-order valence-electron chi connectivity index (χ3n) is 2.42. The highest BCUT2D eigenvalue weighted by molar-refractivity contribution is 4.67. The third-order valence-corrected chi connectivity index (χ3v) is 2.42. The van der Waals surface area contributed by atoms with Crippen LogP contribution in [0.3, 0.4) is 0 Å². The van der Waals surface area contributed by atoms with Gasteiger partial charge >= 0.3 is 0 Å². The monoisotopic (exact) mass is 189 g/mol. The van der Waals surface area contributed by atoms with Crippen LogP contribution in [-0.2, 0) is 0 Å². The minimum absolute atomic E-state index is 1.00. The van der Waals surface area contributed by atoms with Gasteiger partial charge in [0.2, 0.25) is 0 Å². The maximum absolute atomic E-state index is 7.00. The molecule has 0 unspecified atom stereocenters. The van der Waals surface area contributed by atoms with E-state index in [1.165, 1.54) is 32.4 Å². The molecule has 13 heavy (non-hydrogen) atoms. The van der Waals surface area contributed by atoms with Gasteiger partial charge in [0.15, 0.2) is 0 Å². The molecule has 0 amide bonds. The van der Waals surface area contributed by atoms with E-state index in [9.17, 15) is 0 Å². The molecule has 2 nitrogen and oxygen atoms in total. The first-order chi connectivity index (χ1) is 6.33. The van der Waals surface area contributed by atoms with Crippen LogP contribution >= 0.6 is 0 Å². The summed E-state index contributed by atoms with van der Waals surface area (Å²) in [5, 5.41) is 7.00. The average molecular weight is 189 g/mol. The molecule has 0 saturated carbocycles. The molecule has 0 spiro atoms. The lowest BCUT2D eigenvalue weighted by Gasteiger charge is -2.27. The Morgan fingerprint density at radius 1 is 1.15 bits per heavy atom. The minimum Gasteiger partial charge on any atom is -0.400 e. The summed E-state index contributed by atoms with van der Waals surface area (Å²) in [6, 6.07) is 0. The summed E-state index contributed by atoms with van der Waals surface area (Å²) in [7, 11) is 3.21. The van der Waals surface area contributed by atoms with E-state index >= 15 is 0 Å². The molecule has 0 atom stereocenters. The van der Waals surface area contributed by atoms with Gasteiger partial charge in [0.05, 0.1) is 0 Å². The van der Waals surface area contributed by atoms with Crippen LogP contribution in [0.15, 0.2) is 0 Å². The first-order valence-electron chi connectivity index (χ1n) is 5.46. The summed E-state index contributed by atoms with van der Waals surface area (Å²) < 4.78 is 0. The quantitative estimate of drug-likeness (QED) is 0.684. The zero-order valence-electron chi connectivity index (χ0n) is 10.0. The van der Waals surface area contributed by atoms with Crippen molar-refractivity contribution in [2.24, 2.45) is 5.92 Å². The van der Waals surface area contributed by atoms with Gasteiger partial charge in [-0.15, -0.1) is 0 Å². The standard InChI is InChI=1S/C8H17N.C2H6.CH4O/c1-3-8-4-6-9(2)7-5-8;2*1-2/h8H,3-7H2,1-2H3;1-2H3;2H,1H3. The number of aliphatic hydroxyl groups excluding tert-OH is 1. The molecule has 1 aliphatic heterocycles. The van der Waals surface area contributed by atoms with Crippen molar-refractivity contribution in [2.45, 2.75) is 40.0 Å². The lowest BCUT2D eigenvalue weighted by Crippen LogP contribution is -2.29. The van der Waals surface area contributed by atoms with Crippen molar-refractivity contribution in [3.63, 3.8) is 0 Å². The fourth-order valence-electron chi connectivity index (χ4n) is 1.47. The average Bonchev–Trinajstić information content (AvgIpc) is 2.25. The van der Waals surface area contributed by atoms with Crippen molar-refractivity contribution in [3.8, 4) is 0 Å². The van der Waals surface area contributed by atoms with Crippen LogP contribution in [0.25, 0.3) is 0 Å². The molecule has 0 aromatic rings. The highest BCUT2D eigenvalue weighted by atomic mass is 16.2. The number of rotatable bonds is 1. The summed E-state index contributed by atoms with van der Waals surface area (Å²) in [6.45, 7) is 8.94. The van der Waals surface area contributed by atoms with Gasteiger partial charge in [-0.2, -0.15) is 0 Å². The van der Waals surface area contributed by atoms with Gasteiger partial charge in [-0.3, -0.25) is 0 Å². The van der Waals surface area contributed by atoms with Crippen molar-refractivity contribution in [1.29, 1.82) is 0 Å². The Morgan fingerprint density at radius 2 is 1.54 bits per heavy atom. The summed E-state index contributed by atoms with van der Waals surface area (Å²) in [5.41, 5.74) is 0. The van der Waals surface area contributed by atoms with Gasteiger partial charge in [-0.05, 0) is 38.9 Å². The van der Waals surface area contributed by atoms with E-state index in [4.69, 9.17) is 5.11 Å². The van der Waals surface area contributed by atoms with Crippen LogP contribution in [0.1, 0.15) is 40.0 Å². The summed E-state index contributed by atoms with van der Waals surface area (Å²) >= 11 is 0. The van der Waals surface area contributed by atoms with Crippen LogP contribution in [0.4, 0.5) is 0 Å². The number of likely N-dealkylation sites (tertiary alicyclic amines) is 1. The van der Waals surface area contributed by atoms with Gasteiger partial charge in [0, 0.05) is 7.11 Å². The molecule has 0 radical (unpaired) electrons. The molecule has 1 rings (SSSR count). The summed E-state index contributed by atoms with van der Waals surface area (Å²) in [6.07, 6.45) is 4.23. The van der Waals surface area contributed by atoms with Crippen LogP contribution in [-0.4, -0.2) is 37.3 Å². The van der Waals surface area contributed by atoms with Gasteiger partial charge in [0.1, 0.15) is 0 Å². The molecule has 2 heteroatoms. The third kappa shape index (κ3) is 8.26. The van der Waals surface area contributed by atoms with E-state index in [0.717, 1.165) is 13.0 Å².